The molecular formula is C19H24N2O3S. The van der Waals surface area contributed by atoms with Crippen molar-refractivity contribution in [3.8, 4) is 0 Å². The van der Waals surface area contributed by atoms with Crippen molar-refractivity contribution in [2.75, 3.05) is 22.4 Å². The topological polar surface area (TPSA) is 66.5 Å². The van der Waals surface area contributed by atoms with Gasteiger partial charge in [-0.05, 0) is 43.5 Å². The Morgan fingerprint density at radius 3 is 2.16 bits per heavy atom. The maximum atomic E-state index is 12.2. The lowest BCUT2D eigenvalue weighted by atomic mass is 10.1. The van der Waals surface area contributed by atoms with Gasteiger partial charge in [0.05, 0.1) is 11.9 Å². The fraction of sp³-hybridized carbons (Fsp3) is 0.316. The zero-order valence-electron chi connectivity index (χ0n) is 14.8. The van der Waals surface area contributed by atoms with Gasteiger partial charge < -0.3 is 5.32 Å². The molecule has 6 heteroatoms. The van der Waals surface area contributed by atoms with Gasteiger partial charge in [-0.3, -0.25) is 9.10 Å². The highest BCUT2D eigenvalue weighted by atomic mass is 32.2. The number of benzene rings is 2. The number of rotatable bonds is 7. The number of sulfonamides is 1. The molecule has 0 aliphatic rings. The molecule has 0 spiro atoms. The first-order valence-corrected chi connectivity index (χ1v) is 10.0. The number of nitrogens with one attached hydrogen (secondary N) is 1. The van der Waals surface area contributed by atoms with E-state index in [9.17, 15) is 13.2 Å². The molecular weight excluding hydrogens is 336 g/mol. The molecule has 0 bridgehead atoms. The molecule has 25 heavy (non-hydrogen) atoms. The van der Waals surface area contributed by atoms with Crippen LogP contribution in [0.2, 0.25) is 0 Å². The number of carbonyl (C=O) groups is 1. The van der Waals surface area contributed by atoms with Crippen molar-refractivity contribution in [3.05, 3.63) is 59.7 Å². The summed E-state index contributed by atoms with van der Waals surface area (Å²) in [7, 11) is -3.39. The number of carbonyl (C=O) groups excluding carboxylic acids is 1. The number of hydrogen-bond acceptors (Lipinski definition) is 3. The summed E-state index contributed by atoms with van der Waals surface area (Å²) < 4.78 is 25.4. The minimum Gasteiger partial charge on any atom is -0.326 e. The third-order valence-electron chi connectivity index (χ3n) is 3.96. The lowest BCUT2D eigenvalue weighted by Gasteiger charge is -2.22. The van der Waals surface area contributed by atoms with E-state index in [1.807, 2.05) is 38.1 Å². The maximum absolute atomic E-state index is 12.2. The summed E-state index contributed by atoms with van der Waals surface area (Å²) in [5.41, 5.74) is 3.46. The minimum atomic E-state index is -3.39. The second kappa shape index (κ2) is 8.16. The van der Waals surface area contributed by atoms with E-state index in [2.05, 4.69) is 5.32 Å². The summed E-state index contributed by atoms with van der Waals surface area (Å²) in [5, 5.41) is 2.92. The van der Waals surface area contributed by atoms with E-state index in [4.69, 9.17) is 0 Å². The molecule has 0 aromatic heterocycles. The monoisotopic (exact) mass is 360 g/mol. The molecule has 0 atom stereocenters. The maximum Gasteiger partial charge on any atom is 0.232 e. The Bertz CT molecular complexity index is 813. The second-order valence-electron chi connectivity index (χ2n) is 6.09. The fourth-order valence-electron chi connectivity index (χ4n) is 2.68. The molecule has 5 nitrogen and oxygen atoms in total. The summed E-state index contributed by atoms with van der Waals surface area (Å²) in [5.74, 6) is -0.112. The summed E-state index contributed by atoms with van der Waals surface area (Å²) in [4.78, 5) is 12.2. The Balaban J connectivity index is 1.97. The van der Waals surface area contributed by atoms with Crippen LogP contribution >= 0.6 is 0 Å². The lowest BCUT2D eigenvalue weighted by Crippen LogP contribution is -2.31. The standard InChI is InChI=1S/C19H24N2O3S/c1-15-9-7-10-16(2)19(15)20-18(22)13-8-14-21(25(3,23)24)17-11-5-4-6-12-17/h4-7,9-12H,8,13-14H2,1-3H3,(H,20,22). The van der Waals surface area contributed by atoms with E-state index >= 15 is 0 Å². The number of anilines is 2. The van der Waals surface area contributed by atoms with Crippen LogP contribution in [-0.2, 0) is 14.8 Å². The van der Waals surface area contributed by atoms with Crippen LogP contribution in [-0.4, -0.2) is 27.1 Å². The fourth-order valence-corrected chi connectivity index (χ4v) is 3.64. The second-order valence-corrected chi connectivity index (χ2v) is 8.00. The van der Waals surface area contributed by atoms with Crippen molar-refractivity contribution in [1.82, 2.24) is 0 Å². The Kier molecular flexibility index (Phi) is 6.20. The average Bonchev–Trinajstić information content (AvgIpc) is 2.55. The predicted octanol–water partition coefficient (Wildman–Crippen LogP) is 3.49. The van der Waals surface area contributed by atoms with Crippen LogP contribution in [0.15, 0.2) is 48.5 Å². The van der Waals surface area contributed by atoms with E-state index in [1.165, 1.54) is 10.6 Å². The van der Waals surface area contributed by atoms with Gasteiger partial charge in [-0.1, -0.05) is 36.4 Å². The van der Waals surface area contributed by atoms with Crippen LogP contribution in [0.25, 0.3) is 0 Å². The molecule has 1 amide bonds. The Labute approximate surface area is 149 Å². The number of nitrogens with zero attached hydrogens (tertiary/aromatic N) is 1. The van der Waals surface area contributed by atoms with E-state index < -0.39 is 10.0 Å². The predicted molar refractivity (Wildman–Crippen MR) is 102 cm³/mol. The Morgan fingerprint density at radius 2 is 1.60 bits per heavy atom. The highest BCUT2D eigenvalue weighted by molar-refractivity contribution is 7.92. The molecule has 0 heterocycles. The number of hydrogen-bond donors (Lipinski definition) is 1. The SMILES string of the molecule is Cc1cccc(C)c1NC(=O)CCCN(c1ccccc1)S(C)(=O)=O. The van der Waals surface area contributed by atoms with Crippen molar-refractivity contribution >= 4 is 27.3 Å². The van der Waals surface area contributed by atoms with E-state index in [0.717, 1.165) is 16.8 Å². The molecule has 0 fully saturated rings. The van der Waals surface area contributed by atoms with Crippen molar-refractivity contribution in [3.63, 3.8) is 0 Å². The zero-order chi connectivity index (χ0) is 18.4. The summed E-state index contributed by atoms with van der Waals surface area (Å²) in [6.07, 6.45) is 1.88. The molecule has 1 N–H and O–H groups in total. The third-order valence-corrected chi connectivity index (χ3v) is 5.15. The van der Waals surface area contributed by atoms with Crippen LogP contribution < -0.4 is 9.62 Å². The highest BCUT2D eigenvalue weighted by Crippen LogP contribution is 2.20. The third kappa shape index (κ3) is 5.32. The molecule has 2 aromatic rings. The molecule has 134 valence electrons. The summed E-state index contributed by atoms with van der Waals surface area (Å²) in [6.45, 7) is 4.16. The van der Waals surface area contributed by atoms with Gasteiger partial charge >= 0.3 is 0 Å². The molecule has 0 aliphatic heterocycles. The zero-order valence-corrected chi connectivity index (χ0v) is 15.6. The average molecular weight is 360 g/mol. The number of aryl methyl sites for hydroxylation is 2. The molecule has 0 saturated heterocycles. The van der Waals surface area contributed by atoms with Crippen LogP contribution in [0.4, 0.5) is 11.4 Å². The smallest absolute Gasteiger partial charge is 0.232 e. The molecule has 0 saturated carbocycles. The Morgan fingerprint density at radius 1 is 1.00 bits per heavy atom. The molecule has 0 aliphatic carbocycles. The highest BCUT2D eigenvalue weighted by Gasteiger charge is 2.17. The first kappa shape index (κ1) is 19.0. The van der Waals surface area contributed by atoms with E-state index in [1.54, 1.807) is 24.3 Å². The number of amides is 1. The van der Waals surface area contributed by atoms with Crippen LogP contribution in [0.3, 0.4) is 0 Å². The van der Waals surface area contributed by atoms with E-state index in [0.29, 0.717) is 12.1 Å². The number of para-hydroxylation sites is 2. The van der Waals surface area contributed by atoms with Crippen molar-refractivity contribution in [1.29, 1.82) is 0 Å². The van der Waals surface area contributed by atoms with Gasteiger partial charge in [-0.2, -0.15) is 0 Å². The van der Waals surface area contributed by atoms with Crippen molar-refractivity contribution < 1.29 is 13.2 Å². The van der Waals surface area contributed by atoms with Gasteiger partial charge in [0, 0.05) is 18.7 Å². The van der Waals surface area contributed by atoms with Crippen LogP contribution in [0, 0.1) is 13.8 Å². The van der Waals surface area contributed by atoms with E-state index in [-0.39, 0.29) is 18.9 Å². The first-order valence-electron chi connectivity index (χ1n) is 8.18. The molecule has 0 unspecified atom stereocenters. The first-order chi connectivity index (χ1) is 11.8. The summed E-state index contributed by atoms with van der Waals surface area (Å²) in [6, 6.07) is 14.8. The van der Waals surface area contributed by atoms with Crippen molar-refractivity contribution in [2.45, 2.75) is 26.7 Å². The molecule has 2 rings (SSSR count). The molecule has 2 aromatic carbocycles. The van der Waals surface area contributed by atoms with Gasteiger partial charge in [-0.25, -0.2) is 8.42 Å². The largest absolute Gasteiger partial charge is 0.326 e. The van der Waals surface area contributed by atoms with Crippen LogP contribution in [0.1, 0.15) is 24.0 Å². The van der Waals surface area contributed by atoms with Crippen LogP contribution in [0.5, 0.6) is 0 Å². The minimum absolute atomic E-state index is 0.112. The van der Waals surface area contributed by atoms with Gasteiger partial charge in [0.2, 0.25) is 15.9 Å². The summed E-state index contributed by atoms with van der Waals surface area (Å²) >= 11 is 0. The quantitative estimate of drug-likeness (QED) is 0.822. The lowest BCUT2D eigenvalue weighted by molar-refractivity contribution is -0.116. The van der Waals surface area contributed by atoms with Gasteiger partial charge in [-0.15, -0.1) is 0 Å². The van der Waals surface area contributed by atoms with Crippen molar-refractivity contribution in [2.24, 2.45) is 0 Å². The van der Waals surface area contributed by atoms with Gasteiger partial charge in [0.25, 0.3) is 0 Å². The molecule has 0 radical (unpaired) electrons. The normalized spacial score (nSPS) is 11.2. The van der Waals surface area contributed by atoms with Gasteiger partial charge in [0.15, 0.2) is 0 Å². The Hall–Kier alpha value is -2.34. The van der Waals surface area contributed by atoms with Gasteiger partial charge in [0.1, 0.15) is 0 Å².